The second-order valence-electron chi connectivity index (χ2n) is 6.07. The molecule has 0 fully saturated rings. The first-order chi connectivity index (χ1) is 12.5. The SMILES string of the molecule is CC(Sc1nc2c(cc1C#N)CCC2)C(=O)Nc1ccccc1C(N)=O. The van der Waals surface area contributed by atoms with Crippen LogP contribution < -0.4 is 11.1 Å². The minimum Gasteiger partial charge on any atom is -0.366 e. The highest BCUT2D eigenvalue weighted by Gasteiger charge is 2.22. The maximum atomic E-state index is 12.5. The molecule has 0 bridgehead atoms. The van der Waals surface area contributed by atoms with Crippen LogP contribution >= 0.6 is 11.8 Å². The molecule has 1 aliphatic carbocycles. The Balaban J connectivity index is 1.77. The van der Waals surface area contributed by atoms with Crippen molar-refractivity contribution in [2.45, 2.75) is 36.5 Å². The Hall–Kier alpha value is -2.85. The molecule has 0 saturated heterocycles. The Morgan fingerprint density at radius 2 is 2.12 bits per heavy atom. The van der Waals surface area contributed by atoms with Crippen molar-refractivity contribution in [1.82, 2.24) is 4.98 Å². The van der Waals surface area contributed by atoms with E-state index in [0.717, 1.165) is 30.5 Å². The number of carbonyl (C=O) groups is 2. The van der Waals surface area contributed by atoms with Crippen molar-refractivity contribution in [3.63, 3.8) is 0 Å². The van der Waals surface area contributed by atoms with E-state index in [9.17, 15) is 14.9 Å². The van der Waals surface area contributed by atoms with Gasteiger partial charge in [-0.3, -0.25) is 9.59 Å². The number of nitrogens with zero attached hydrogens (tertiary/aromatic N) is 2. The molecule has 1 heterocycles. The lowest BCUT2D eigenvalue weighted by Crippen LogP contribution is -2.25. The highest BCUT2D eigenvalue weighted by Crippen LogP contribution is 2.30. The Morgan fingerprint density at radius 3 is 2.85 bits per heavy atom. The Kier molecular flexibility index (Phi) is 5.24. The third kappa shape index (κ3) is 3.70. The second kappa shape index (κ2) is 7.58. The summed E-state index contributed by atoms with van der Waals surface area (Å²) < 4.78 is 0. The molecule has 2 amide bonds. The van der Waals surface area contributed by atoms with Crippen molar-refractivity contribution in [2.75, 3.05) is 5.32 Å². The van der Waals surface area contributed by atoms with E-state index in [1.165, 1.54) is 11.8 Å². The number of anilines is 1. The molecule has 7 heteroatoms. The molecule has 26 heavy (non-hydrogen) atoms. The zero-order valence-electron chi connectivity index (χ0n) is 14.3. The molecule has 1 unspecified atom stereocenters. The van der Waals surface area contributed by atoms with Crippen LogP contribution in [0.15, 0.2) is 35.4 Å². The van der Waals surface area contributed by atoms with Crippen molar-refractivity contribution in [2.24, 2.45) is 5.73 Å². The van der Waals surface area contributed by atoms with Crippen molar-refractivity contribution >= 4 is 29.3 Å². The summed E-state index contributed by atoms with van der Waals surface area (Å²) in [6.07, 6.45) is 2.89. The number of aryl methyl sites for hydroxylation is 2. The third-order valence-electron chi connectivity index (χ3n) is 4.24. The molecule has 1 atom stereocenters. The number of amides is 2. The van der Waals surface area contributed by atoms with Gasteiger partial charge >= 0.3 is 0 Å². The predicted molar refractivity (Wildman–Crippen MR) is 99.9 cm³/mol. The minimum atomic E-state index is -0.603. The minimum absolute atomic E-state index is 0.256. The molecule has 0 saturated carbocycles. The first-order valence-corrected chi connectivity index (χ1v) is 9.17. The summed E-state index contributed by atoms with van der Waals surface area (Å²) >= 11 is 1.24. The number of para-hydroxylation sites is 1. The van der Waals surface area contributed by atoms with Crippen LogP contribution in [-0.4, -0.2) is 22.0 Å². The molecule has 6 nitrogen and oxygen atoms in total. The highest BCUT2D eigenvalue weighted by atomic mass is 32.2. The molecule has 1 aromatic heterocycles. The van der Waals surface area contributed by atoms with Gasteiger partial charge < -0.3 is 11.1 Å². The first kappa shape index (κ1) is 18.0. The van der Waals surface area contributed by atoms with E-state index in [2.05, 4.69) is 16.4 Å². The molecule has 1 aliphatic rings. The van der Waals surface area contributed by atoms with Crippen molar-refractivity contribution in [3.05, 3.63) is 52.7 Å². The maximum absolute atomic E-state index is 12.5. The summed E-state index contributed by atoms with van der Waals surface area (Å²) in [5, 5.41) is 12.2. The summed E-state index contributed by atoms with van der Waals surface area (Å²) in [6.45, 7) is 1.74. The molecule has 3 rings (SSSR count). The molecule has 3 N–H and O–H groups in total. The van der Waals surface area contributed by atoms with Crippen LogP contribution in [0.3, 0.4) is 0 Å². The molecule has 1 aromatic carbocycles. The van der Waals surface area contributed by atoms with Crippen LogP contribution in [0.2, 0.25) is 0 Å². The fourth-order valence-electron chi connectivity index (χ4n) is 2.89. The number of carbonyl (C=O) groups excluding carboxylic acids is 2. The number of thioether (sulfide) groups is 1. The summed E-state index contributed by atoms with van der Waals surface area (Å²) in [5.74, 6) is -0.886. The largest absolute Gasteiger partial charge is 0.366 e. The van der Waals surface area contributed by atoms with E-state index in [4.69, 9.17) is 5.73 Å². The number of primary amides is 1. The van der Waals surface area contributed by atoms with Crippen LogP contribution in [0, 0.1) is 11.3 Å². The number of hydrogen-bond donors (Lipinski definition) is 2. The summed E-state index contributed by atoms with van der Waals surface area (Å²) in [4.78, 5) is 28.6. The lowest BCUT2D eigenvalue weighted by molar-refractivity contribution is -0.115. The average molecular weight is 366 g/mol. The molecule has 0 spiro atoms. The number of nitrogens with one attached hydrogen (secondary N) is 1. The molecular formula is C19H18N4O2S. The lowest BCUT2D eigenvalue weighted by Gasteiger charge is -2.14. The Morgan fingerprint density at radius 1 is 1.35 bits per heavy atom. The van der Waals surface area contributed by atoms with Gasteiger partial charge in [0.2, 0.25) is 5.91 Å². The number of hydrogen-bond acceptors (Lipinski definition) is 5. The van der Waals surface area contributed by atoms with Gasteiger partial charge in [-0.2, -0.15) is 5.26 Å². The average Bonchev–Trinajstić information content (AvgIpc) is 3.08. The zero-order chi connectivity index (χ0) is 18.7. The van der Waals surface area contributed by atoms with E-state index < -0.39 is 11.2 Å². The van der Waals surface area contributed by atoms with Gasteiger partial charge in [0.05, 0.1) is 22.1 Å². The zero-order valence-corrected chi connectivity index (χ0v) is 15.1. The van der Waals surface area contributed by atoms with E-state index in [1.54, 1.807) is 31.2 Å². The van der Waals surface area contributed by atoms with Gasteiger partial charge in [-0.15, -0.1) is 0 Å². The number of fused-ring (bicyclic) bond motifs is 1. The van der Waals surface area contributed by atoms with Gasteiger partial charge in [0.25, 0.3) is 5.91 Å². The van der Waals surface area contributed by atoms with Crippen LogP contribution in [-0.2, 0) is 17.6 Å². The van der Waals surface area contributed by atoms with Crippen molar-refractivity contribution < 1.29 is 9.59 Å². The monoisotopic (exact) mass is 366 g/mol. The molecule has 0 aliphatic heterocycles. The van der Waals surface area contributed by atoms with Crippen LogP contribution in [0.4, 0.5) is 5.69 Å². The molecule has 0 radical (unpaired) electrons. The van der Waals surface area contributed by atoms with Crippen molar-refractivity contribution in [3.8, 4) is 6.07 Å². The van der Waals surface area contributed by atoms with E-state index in [-0.39, 0.29) is 11.5 Å². The summed E-state index contributed by atoms with van der Waals surface area (Å²) in [5.41, 5.74) is 8.60. The van der Waals surface area contributed by atoms with E-state index >= 15 is 0 Å². The normalized spacial score (nSPS) is 13.5. The predicted octanol–water partition coefficient (Wildman–Crippen LogP) is 2.66. The molecule has 2 aromatic rings. The topological polar surface area (TPSA) is 109 Å². The second-order valence-corrected chi connectivity index (χ2v) is 7.40. The van der Waals surface area contributed by atoms with Gasteiger partial charge in [0.15, 0.2) is 0 Å². The van der Waals surface area contributed by atoms with Gasteiger partial charge in [-0.1, -0.05) is 23.9 Å². The number of nitriles is 1. The van der Waals surface area contributed by atoms with E-state index in [1.807, 2.05) is 6.07 Å². The third-order valence-corrected chi connectivity index (χ3v) is 5.35. The number of benzene rings is 1. The number of nitrogens with two attached hydrogens (primary N) is 1. The maximum Gasteiger partial charge on any atom is 0.250 e. The first-order valence-electron chi connectivity index (χ1n) is 8.29. The quantitative estimate of drug-likeness (QED) is 0.791. The molecular weight excluding hydrogens is 348 g/mol. The Bertz CT molecular complexity index is 920. The Labute approximate surface area is 155 Å². The smallest absolute Gasteiger partial charge is 0.250 e. The van der Waals surface area contributed by atoms with Gasteiger partial charge in [-0.05, 0) is 49.9 Å². The fraction of sp³-hybridized carbons (Fsp3) is 0.263. The van der Waals surface area contributed by atoms with Gasteiger partial charge in [0.1, 0.15) is 11.1 Å². The summed E-state index contributed by atoms with van der Waals surface area (Å²) in [6, 6.07) is 10.6. The number of pyridine rings is 1. The van der Waals surface area contributed by atoms with Gasteiger partial charge in [-0.25, -0.2) is 4.98 Å². The molecule has 132 valence electrons. The highest BCUT2D eigenvalue weighted by molar-refractivity contribution is 8.00. The number of aromatic nitrogens is 1. The van der Waals surface area contributed by atoms with Crippen LogP contribution in [0.5, 0.6) is 0 Å². The van der Waals surface area contributed by atoms with E-state index in [0.29, 0.717) is 16.3 Å². The number of rotatable bonds is 5. The van der Waals surface area contributed by atoms with Crippen LogP contribution in [0.1, 0.15) is 40.5 Å². The lowest BCUT2D eigenvalue weighted by atomic mass is 10.1. The summed E-state index contributed by atoms with van der Waals surface area (Å²) in [7, 11) is 0. The standard InChI is InChI=1S/C19H18N4O2S/c1-11(18(25)22-16-7-3-2-6-14(16)17(21)24)26-19-13(10-20)9-12-5-4-8-15(12)23-19/h2-3,6-7,9,11H,4-5,8H2,1H3,(H2,21,24)(H,22,25). The van der Waals surface area contributed by atoms with Gasteiger partial charge in [0, 0.05) is 5.69 Å². The van der Waals surface area contributed by atoms with Crippen molar-refractivity contribution in [1.29, 1.82) is 5.26 Å². The van der Waals surface area contributed by atoms with Crippen LogP contribution in [0.25, 0.3) is 0 Å². The fourth-order valence-corrected chi connectivity index (χ4v) is 3.78.